The van der Waals surface area contributed by atoms with Crippen molar-refractivity contribution in [1.29, 1.82) is 0 Å². The number of nitrogens with zero attached hydrogens (tertiary/aromatic N) is 2. The monoisotopic (exact) mass is 792 g/mol. The van der Waals surface area contributed by atoms with Gasteiger partial charge in [-0.3, -0.25) is 0 Å². The molecule has 0 spiro atoms. The molecule has 0 bridgehead atoms. The smallest absolute Gasteiger partial charge is 0.143 e. The topological polar surface area (TPSA) is 34.5 Å². The van der Waals surface area contributed by atoms with Crippen LogP contribution in [0.5, 0.6) is 0 Å². The van der Waals surface area contributed by atoms with Crippen molar-refractivity contribution in [3.63, 3.8) is 0 Å². The molecule has 0 fully saturated rings. The van der Waals surface area contributed by atoms with E-state index in [1.54, 1.807) is 0 Å². The molecule has 3 heterocycles. The predicted molar refractivity (Wildman–Crippen MR) is 258 cm³/mol. The van der Waals surface area contributed by atoms with Crippen LogP contribution in [-0.2, 0) is 0 Å². The van der Waals surface area contributed by atoms with Crippen molar-refractivity contribution >= 4 is 93.5 Å². The Labute approximate surface area is 356 Å². The highest BCUT2D eigenvalue weighted by Crippen LogP contribution is 2.43. The van der Waals surface area contributed by atoms with Gasteiger partial charge < -0.3 is 18.3 Å². The van der Waals surface area contributed by atoms with E-state index in [4.69, 9.17) is 8.83 Å². The zero-order valence-corrected chi connectivity index (χ0v) is 33.5. The van der Waals surface area contributed by atoms with E-state index in [1.165, 1.54) is 27.2 Å². The van der Waals surface area contributed by atoms with Gasteiger partial charge >= 0.3 is 0 Å². The Morgan fingerprint density at radius 3 is 1.73 bits per heavy atom. The van der Waals surface area contributed by atoms with E-state index >= 15 is 0 Å². The van der Waals surface area contributed by atoms with Crippen LogP contribution in [0, 0.1) is 0 Å². The Balaban J connectivity index is 0.946. The maximum Gasteiger partial charge on any atom is 0.143 e. The summed E-state index contributed by atoms with van der Waals surface area (Å²) in [7, 11) is 0. The van der Waals surface area contributed by atoms with E-state index in [0.717, 1.165) is 94.3 Å². The summed E-state index contributed by atoms with van der Waals surface area (Å²) in [5, 5.41) is 9.30. The Morgan fingerprint density at radius 2 is 0.952 bits per heavy atom. The second-order valence-electron chi connectivity index (χ2n) is 16.1. The van der Waals surface area contributed by atoms with Crippen molar-refractivity contribution in [2.45, 2.75) is 0 Å². The lowest BCUT2D eigenvalue weighted by atomic mass is 9.98. The van der Waals surface area contributed by atoms with E-state index in [0.29, 0.717) is 0 Å². The van der Waals surface area contributed by atoms with Crippen molar-refractivity contribution in [2.75, 3.05) is 4.90 Å². The quantitative estimate of drug-likeness (QED) is 0.168. The molecular formula is C58H36N2O2. The van der Waals surface area contributed by atoms with Gasteiger partial charge in [-0.05, 0) is 113 Å². The molecule has 13 rings (SSSR count). The van der Waals surface area contributed by atoms with Gasteiger partial charge in [-0.1, -0.05) is 133 Å². The standard InChI is InChI=1S/C58H36N2O2/c1-2-14-46-38(11-1)27-33-50-57-45(18-10-22-56(57)62-58(46)50)39-25-31-42(32-26-39)59(41-29-23-37(24-30-41)40-28-34-55-51(35-40)49-17-5-8-21-54(49)61-55)43-12-9-13-44(36-43)60-52-19-6-3-15-47(52)48-16-4-7-20-53(48)60/h1-36H. The first-order valence-electron chi connectivity index (χ1n) is 21.1. The van der Waals surface area contributed by atoms with Crippen molar-refractivity contribution < 1.29 is 8.83 Å². The summed E-state index contributed by atoms with van der Waals surface area (Å²) >= 11 is 0. The first kappa shape index (κ1) is 34.5. The maximum atomic E-state index is 6.56. The Kier molecular flexibility index (Phi) is 7.57. The van der Waals surface area contributed by atoms with Crippen LogP contribution in [0.4, 0.5) is 17.1 Å². The number of hydrogen-bond donors (Lipinski definition) is 0. The molecule has 0 aliphatic carbocycles. The van der Waals surface area contributed by atoms with Crippen LogP contribution in [-0.4, -0.2) is 4.57 Å². The van der Waals surface area contributed by atoms with Gasteiger partial charge in [0.1, 0.15) is 22.3 Å². The molecule has 0 radical (unpaired) electrons. The minimum Gasteiger partial charge on any atom is -0.456 e. The number of fused-ring (bicyclic) bond motifs is 11. The summed E-state index contributed by atoms with van der Waals surface area (Å²) in [5.74, 6) is 0. The number of furan rings is 2. The second-order valence-corrected chi connectivity index (χ2v) is 16.1. The van der Waals surface area contributed by atoms with Crippen LogP contribution in [0.2, 0.25) is 0 Å². The van der Waals surface area contributed by atoms with Crippen molar-refractivity contribution in [3.8, 4) is 27.9 Å². The molecule has 290 valence electrons. The number of benzene rings is 10. The lowest BCUT2D eigenvalue weighted by Crippen LogP contribution is -2.10. The Hall–Kier alpha value is -8.34. The number of rotatable bonds is 6. The highest BCUT2D eigenvalue weighted by Gasteiger charge is 2.19. The first-order chi connectivity index (χ1) is 30.7. The van der Waals surface area contributed by atoms with Crippen molar-refractivity contribution in [3.05, 3.63) is 218 Å². The third-order valence-corrected chi connectivity index (χ3v) is 12.6. The third kappa shape index (κ3) is 5.33. The number of para-hydroxylation sites is 3. The predicted octanol–water partition coefficient (Wildman–Crippen LogP) is 16.5. The number of aromatic nitrogens is 1. The summed E-state index contributed by atoms with van der Waals surface area (Å²) in [6.45, 7) is 0. The summed E-state index contributed by atoms with van der Waals surface area (Å²) in [4.78, 5) is 2.36. The molecule has 0 atom stereocenters. The second kappa shape index (κ2) is 13.6. The fourth-order valence-electron chi connectivity index (χ4n) is 9.71. The van der Waals surface area contributed by atoms with Gasteiger partial charge in [-0.2, -0.15) is 0 Å². The van der Waals surface area contributed by atoms with Crippen molar-refractivity contribution in [2.24, 2.45) is 0 Å². The molecule has 10 aromatic carbocycles. The Morgan fingerprint density at radius 1 is 0.339 bits per heavy atom. The zero-order valence-electron chi connectivity index (χ0n) is 33.5. The minimum absolute atomic E-state index is 0.890. The fraction of sp³-hybridized carbons (Fsp3) is 0. The van der Waals surface area contributed by atoms with Gasteiger partial charge in [0, 0.05) is 60.5 Å². The molecule has 4 heteroatoms. The molecule has 0 aliphatic heterocycles. The fourth-order valence-corrected chi connectivity index (χ4v) is 9.71. The van der Waals surface area contributed by atoms with E-state index in [-0.39, 0.29) is 0 Å². The normalized spacial score (nSPS) is 11.9. The Bertz CT molecular complexity index is 3810. The summed E-state index contributed by atoms with van der Waals surface area (Å²) in [5.41, 5.74) is 14.8. The van der Waals surface area contributed by atoms with Crippen LogP contribution >= 0.6 is 0 Å². The van der Waals surface area contributed by atoms with E-state index in [2.05, 4.69) is 216 Å². The van der Waals surface area contributed by atoms with Crippen LogP contribution in [0.3, 0.4) is 0 Å². The maximum absolute atomic E-state index is 6.56. The summed E-state index contributed by atoms with van der Waals surface area (Å²) < 4.78 is 15.1. The van der Waals surface area contributed by atoms with Gasteiger partial charge in [0.15, 0.2) is 0 Å². The molecule has 0 amide bonds. The van der Waals surface area contributed by atoms with Gasteiger partial charge in [0.2, 0.25) is 0 Å². The molecule has 0 saturated heterocycles. The van der Waals surface area contributed by atoms with Gasteiger partial charge in [-0.25, -0.2) is 0 Å². The lowest BCUT2D eigenvalue weighted by Gasteiger charge is -2.26. The molecule has 4 nitrogen and oxygen atoms in total. The van der Waals surface area contributed by atoms with Crippen LogP contribution < -0.4 is 4.90 Å². The van der Waals surface area contributed by atoms with E-state index in [9.17, 15) is 0 Å². The molecular weight excluding hydrogens is 757 g/mol. The van der Waals surface area contributed by atoms with Crippen molar-refractivity contribution in [1.82, 2.24) is 4.57 Å². The molecule has 0 N–H and O–H groups in total. The van der Waals surface area contributed by atoms with Gasteiger partial charge in [0.25, 0.3) is 0 Å². The van der Waals surface area contributed by atoms with Gasteiger partial charge in [-0.15, -0.1) is 0 Å². The lowest BCUT2D eigenvalue weighted by molar-refractivity contribution is 0.669. The SMILES string of the molecule is c1cc(N(c2ccc(-c3ccc4oc5ccccc5c4c3)cc2)c2ccc(-c3cccc4oc5c6ccccc6ccc5c34)cc2)cc(-n2c3ccccc3c3ccccc32)c1. The van der Waals surface area contributed by atoms with Gasteiger partial charge in [0.05, 0.1) is 11.0 Å². The molecule has 3 aromatic heterocycles. The molecule has 62 heavy (non-hydrogen) atoms. The molecule has 0 unspecified atom stereocenters. The molecule has 0 aliphatic rings. The minimum atomic E-state index is 0.890. The summed E-state index contributed by atoms with van der Waals surface area (Å²) in [6, 6.07) is 78.1. The molecule has 13 aromatic rings. The molecule has 0 saturated carbocycles. The number of anilines is 3. The third-order valence-electron chi connectivity index (χ3n) is 12.6. The summed E-state index contributed by atoms with van der Waals surface area (Å²) in [6.07, 6.45) is 0. The average molecular weight is 793 g/mol. The highest BCUT2D eigenvalue weighted by atomic mass is 16.3. The average Bonchev–Trinajstić information content (AvgIpc) is 4.02. The van der Waals surface area contributed by atoms with E-state index in [1.807, 2.05) is 12.1 Å². The number of hydrogen-bond acceptors (Lipinski definition) is 3. The zero-order chi connectivity index (χ0) is 40.7. The van der Waals surface area contributed by atoms with Crippen LogP contribution in [0.1, 0.15) is 0 Å². The van der Waals surface area contributed by atoms with Crippen LogP contribution in [0.15, 0.2) is 227 Å². The highest BCUT2D eigenvalue weighted by molar-refractivity contribution is 6.19. The first-order valence-corrected chi connectivity index (χ1v) is 21.1. The largest absolute Gasteiger partial charge is 0.456 e. The van der Waals surface area contributed by atoms with Crippen LogP contribution in [0.25, 0.3) is 104 Å². The van der Waals surface area contributed by atoms with E-state index < -0.39 is 0 Å².